The molecule has 0 aromatic carbocycles. The van der Waals surface area contributed by atoms with Crippen molar-refractivity contribution in [3.8, 4) is 0 Å². The fourth-order valence-electron chi connectivity index (χ4n) is 2.61. The molecular weight excluding hydrogens is 266 g/mol. The van der Waals surface area contributed by atoms with Crippen LogP contribution in [-0.2, 0) is 4.74 Å². The highest BCUT2D eigenvalue weighted by Crippen LogP contribution is 2.05. The van der Waals surface area contributed by atoms with E-state index in [1.54, 1.807) is 0 Å². The van der Waals surface area contributed by atoms with Crippen molar-refractivity contribution in [2.75, 3.05) is 60.0 Å². The highest BCUT2D eigenvalue weighted by atomic mass is 16.5. The van der Waals surface area contributed by atoms with Crippen LogP contribution >= 0.6 is 0 Å². The van der Waals surface area contributed by atoms with Crippen LogP contribution in [0.2, 0.25) is 0 Å². The maximum absolute atomic E-state index is 9.89. The van der Waals surface area contributed by atoms with E-state index in [0.29, 0.717) is 19.2 Å². The average Bonchev–Trinajstić information content (AvgIpc) is 2.42. The van der Waals surface area contributed by atoms with Crippen molar-refractivity contribution >= 4 is 0 Å². The summed E-state index contributed by atoms with van der Waals surface area (Å²) in [7, 11) is 4.34. The number of aliphatic hydroxyl groups excluding tert-OH is 1. The number of aliphatic hydroxyl groups is 1. The summed E-state index contributed by atoms with van der Waals surface area (Å²) >= 11 is 0. The molecule has 0 spiro atoms. The maximum atomic E-state index is 9.89. The number of piperazine rings is 1. The standard InChI is InChI=1S/C16H35N3O2/c1-14(2)6-5-9-21-13-16(20)11-17-10-15-12-18(3)7-8-19(15)4/h14-17,20H,5-13H2,1-4H3. The normalized spacial score (nSPS) is 22.9. The number of hydrogen-bond donors (Lipinski definition) is 2. The minimum atomic E-state index is -0.407. The highest BCUT2D eigenvalue weighted by Gasteiger charge is 2.21. The SMILES string of the molecule is CC(C)CCCOCC(O)CNCC1CN(C)CCN1C. The molecule has 2 N–H and O–H groups in total. The number of rotatable bonds is 10. The summed E-state index contributed by atoms with van der Waals surface area (Å²) < 4.78 is 5.52. The van der Waals surface area contributed by atoms with Gasteiger partial charge in [-0.05, 0) is 32.9 Å². The molecule has 0 aromatic heterocycles. The lowest BCUT2D eigenvalue weighted by atomic mass is 10.1. The summed E-state index contributed by atoms with van der Waals surface area (Å²) in [5.74, 6) is 0.728. The van der Waals surface area contributed by atoms with Crippen molar-refractivity contribution in [2.24, 2.45) is 5.92 Å². The molecule has 1 aliphatic rings. The Morgan fingerprint density at radius 2 is 2.05 bits per heavy atom. The van der Waals surface area contributed by atoms with Gasteiger partial charge in [0.25, 0.3) is 0 Å². The summed E-state index contributed by atoms with van der Waals surface area (Å²) in [6.07, 6.45) is 1.86. The number of likely N-dealkylation sites (N-methyl/N-ethyl adjacent to an activating group) is 2. The van der Waals surface area contributed by atoms with Gasteiger partial charge in [-0.1, -0.05) is 13.8 Å². The van der Waals surface area contributed by atoms with Gasteiger partial charge in [-0.25, -0.2) is 0 Å². The molecule has 0 aromatic rings. The number of ether oxygens (including phenoxy) is 1. The Morgan fingerprint density at radius 1 is 1.29 bits per heavy atom. The quantitative estimate of drug-likeness (QED) is 0.580. The summed E-state index contributed by atoms with van der Waals surface area (Å²) in [4.78, 5) is 4.75. The summed E-state index contributed by atoms with van der Waals surface area (Å²) in [5, 5.41) is 13.3. The van der Waals surface area contributed by atoms with E-state index in [0.717, 1.165) is 45.1 Å². The lowest BCUT2D eigenvalue weighted by Gasteiger charge is -2.37. The van der Waals surface area contributed by atoms with Crippen LogP contribution in [-0.4, -0.2) is 87.1 Å². The van der Waals surface area contributed by atoms with Gasteiger partial charge in [0.2, 0.25) is 0 Å². The topological polar surface area (TPSA) is 48.0 Å². The summed E-state index contributed by atoms with van der Waals surface area (Å²) in [6.45, 7) is 10.5. The fourth-order valence-corrected chi connectivity index (χ4v) is 2.61. The monoisotopic (exact) mass is 301 g/mol. The molecule has 126 valence electrons. The van der Waals surface area contributed by atoms with Gasteiger partial charge >= 0.3 is 0 Å². The van der Waals surface area contributed by atoms with Crippen LogP contribution in [0.4, 0.5) is 0 Å². The Labute approximate surface area is 130 Å². The Balaban J connectivity index is 2.01. The second-order valence-corrected chi connectivity index (χ2v) is 6.82. The first-order valence-corrected chi connectivity index (χ1v) is 8.34. The van der Waals surface area contributed by atoms with E-state index in [2.05, 4.69) is 43.1 Å². The molecule has 21 heavy (non-hydrogen) atoms. The van der Waals surface area contributed by atoms with E-state index in [-0.39, 0.29) is 0 Å². The van der Waals surface area contributed by atoms with Gasteiger partial charge in [0, 0.05) is 45.4 Å². The van der Waals surface area contributed by atoms with Crippen LogP contribution in [0.3, 0.4) is 0 Å². The molecule has 1 heterocycles. The number of hydrogen-bond acceptors (Lipinski definition) is 5. The largest absolute Gasteiger partial charge is 0.389 e. The molecular formula is C16H35N3O2. The Morgan fingerprint density at radius 3 is 2.76 bits per heavy atom. The van der Waals surface area contributed by atoms with E-state index in [1.165, 1.54) is 6.42 Å². The molecule has 0 aliphatic carbocycles. The molecule has 1 saturated heterocycles. The van der Waals surface area contributed by atoms with Crippen molar-refractivity contribution < 1.29 is 9.84 Å². The highest BCUT2D eigenvalue weighted by molar-refractivity contribution is 4.80. The molecule has 0 bridgehead atoms. The zero-order chi connectivity index (χ0) is 15.7. The van der Waals surface area contributed by atoms with Crippen molar-refractivity contribution in [1.29, 1.82) is 0 Å². The van der Waals surface area contributed by atoms with Crippen LogP contribution < -0.4 is 5.32 Å². The first-order valence-electron chi connectivity index (χ1n) is 8.34. The second-order valence-electron chi connectivity index (χ2n) is 6.82. The molecule has 1 rings (SSSR count). The van der Waals surface area contributed by atoms with Crippen LogP contribution in [0.1, 0.15) is 26.7 Å². The van der Waals surface area contributed by atoms with Gasteiger partial charge < -0.3 is 20.1 Å². The molecule has 0 radical (unpaired) electrons. The van der Waals surface area contributed by atoms with E-state index < -0.39 is 6.10 Å². The minimum Gasteiger partial charge on any atom is -0.389 e. The van der Waals surface area contributed by atoms with Crippen molar-refractivity contribution in [1.82, 2.24) is 15.1 Å². The summed E-state index contributed by atoms with van der Waals surface area (Å²) in [6, 6.07) is 0.530. The molecule has 1 fully saturated rings. The zero-order valence-electron chi connectivity index (χ0n) is 14.3. The Hall–Kier alpha value is -0.200. The van der Waals surface area contributed by atoms with Gasteiger partial charge in [-0.3, -0.25) is 4.90 Å². The third-order valence-electron chi connectivity index (χ3n) is 4.12. The molecule has 1 aliphatic heterocycles. The van der Waals surface area contributed by atoms with Gasteiger partial charge in [0.05, 0.1) is 12.7 Å². The van der Waals surface area contributed by atoms with Crippen molar-refractivity contribution in [3.05, 3.63) is 0 Å². The Bertz CT molecular complexity index is 264. The molecule has 0 amide bonds. The molecule has 5 heteroatoms. The van der Waals surface area contributed by atoms with Crippen molar-refractivity contribution in [2.45, 2.75) is 38.8 Å². The second kappa shape index (κ2) is 10.5. The number of nitrogens with one attached hydrogen (secondary N) is 1. The molecule has 0 saturated carbocycles. The van der Waals surface area contributed by atoms with Gasteiger partial charge in [-0.2, -0.15) is 0 Å². The molecule has 2 atom stereocenters. The number of nitrogens with zero attached hydrogens (tertiary/aromatic N) is 2. The van der Waals surface area contributed by atoms with Gasteiger partial charge in [0.1, 0.15) is 0 Å². The van der Waals surface area contributed by atoms with Crippen LogP contribution in [0, 0.1) is 5.92 Å². The van der Waals surface area contributed by atoms with Gasteiger partial charge in [-0.15, -0.1) is 0 Å². The Kier molecular flexibility index (Phi) is 9.44. The van der Waals surface area contributed by atoms with Gasteiger partial charge in [0.15, 0.2) is 0 Å². The predicted molar refractivity (Wildman–Crippen MR) is 87.7 cm³/mol. The zero-order valence-corrected chi connectivity index (χ0v) is 14.3. The van der Waals surface area contributed by atoms with Crippen LogP contribution in [0.5, 0.6) is 0 Å². The third-order valence-corrected chi connectivity index (χ3v) is 4.12. The fraction of sp³-hybridized carbons (Fsp3) is 1.00. The third kappa shape index (κ3) is 8.73. The van der Waals surface area contributed by atoms with E-state index in [9.17, 15) is 5.11 Å². The first-order chi connectivity index (χ1) is 9.99. The maximum Gasteiger partial charge on any atom is 0.0897 e. The van der Waals surface area contributed by atoms with Crippen molar-refractivity contribution in [3.63, 3.8) is 0 Å². The van der Waals surface area contributed by atoms with E-state index in [1.807, 2.05) is 0 Å². The smallest absolute Gasteiger partial charge is 0.0897 e. The van der Waals surface area contributed by atoms with Crippen LogP contribution in [0.25, 0.3) is 0 Å². The minimum absolute atomic E-state index is 0.407. The summed E-state index contributed by atoms with van der Waals surface area (Å²) in [5.41, 5.74) is 0. The lowest BCUT2D eigenvalue weighted by molar-refractivity contribution is 0.0328. The predicted octanol–water partition coefficient (Wildman–Crippen LogP) is 0.636. The lowest BCUT2D eigenvalue weighted by Crippen LogP contribution is -2.54. The van der Waals surface area contributed by atoms with Crippen LogP contribution in [0.15, 0.2) is 0 Å². The molecule has 2 unspecified atom stereocenters. The van der Waals surface area contributed by atoms with E-state index >= 15 is 0 Å². The van der Waals surface area contributed by atoms with E-state index in [4.69, 9.17) is 4.74 Å². The first kappa shape index (κ1) is 18.8. The average molecular weight is 301 g/mol. The molecule has 5 nitrogen and oxygen atoms in total.